The zero-order valence-electron chi connectivity index (χ0n) is 14.1. The second-order valence-corrected chi connectivity index (χ2v) is 5.50. The molecule has 2 N–H and O–H groups in total. The maximum absolute atomic E-state index is 12.0. The first-order chi connectivity index (χ1) is 12.0. The number of amides is 2. The summed E-state index contributed by atoms with van der Waals surface area (Å²) in [5, 5.41) is 5.38. The van der Waals surface area contributed by atoms with Crippen molar-refractivity contribution in [2.24, 2.45) is 0 Å². The molecule has 0 aliphatic carbocycles. The van der Waals surface area contributed by atoms with E-state index in [1.165, 1.54) is 13.2 Å². The molecule has 0 fully saturated rings. The zero-order chi connectivity index (χ0) is 18.2. The van der Waals surface area contributed by atoms with Gasteiger partial charge in [-0.3, -0.25) is 9.59 Å². The Balaban J connectivity index is 1.89. The number of anilines is 1. The third kappa shape index (κ3) is 5.46. The summed E-state index contributed by atoms with van der Waals surface area (Å²) >= 11 is 0. The molecule has 2 rings (SSSR count). The van der Waals surface area contributed by atoms with E-state index in [-0.39, 0.29) is 18.4 Å². The van der Waals surface area contributed by atoms with Gasteiger partial charge in [-0.05, 0) is 30.7 Å². The van der Waals surface area contributed by atoms with Crippen LogP contribution >= 0.6 is 0 Å². The van der Waals surface area contributed by atoms with Crippen molar-refractivity contribution in [3.63, 3.8) is 0 Å². The molecule has 1 unspecified atom stereocenters. The number of benzene rings is 2. The van der Waals surface area contributed by atoms with Gasteiger partial charge < -0.3 is 15.4 Å². The number of esters is 1. The van der Waals surface area contributed by atoms with Gasteiger partial charge in [0.1, 0.15) is 6.42 Å². The summed E-state index contributed by atoms with van der Waals surface area (Å²) in [6.07, 6.45) is -0.306. The van der Waals surface area contributed by atoms with Crippen LogP contribution < -0.4 is 10.6 Å². The van der Waals surface area contributed by atoms with E-state index in [0.717, 1.165) is 5.56 Å². The molecule has 2 amide bonds. The quantitative estimate of drug-likeness (QED) is 0.625. The summed E-state index contributed by atoms with van der Waals surface area (Å²) in [6, 6.07) is 15.6. The van der Waals surface area contributed by atoms with Gasteiger partial charge in [-0.15, -0.1) is 0 Å². The predicted octanol–water partition coefficient (Wildman–Crippen LogP) is 2.68. The van der Waals surface area contributed by atoms with Crippen molar-refractivity contribution in [1.29, 1.82) is 0 Å². The van der Waals surface area contributed by atoms with Crippen molar-refractivity contribution in [2.75, 3.05) is 12.4 Å². The monoisotopic (exact) mass is 340 g/mol. The molecule has 0 aliphatic heterocycles. The van der Waals surface area contributed by atoms with Gasteiger partial charge in [-0.2, -0.15) is 0 Å². The summed E-state index contributed by atoms with van der Waals surface area (Å²) in [5.74, 6) is -1.33. The number of hydrogen-bond acceptors (Lipinski definition) is 4. The van der Waals surface area contributed by atoms with Crippen LogP contribution in [-0.4, -0.2) is 24.9 Å². The standard InChI is InChI=1S/C19H20N2O4/c1-13(14-7-4-3-5-8-14)20-17(22)12-18(23)21-16-10-6-9-15(11-16)19(24)25-2/h3-11,13H,12H2,1-2H3,(H,20,22)(H,21,23). The molecule has 6 heteroatoms. The van der Waals surface area contributed by atoms with Gasteiger partial charge in [-0.1, -0.05) is 36.4 Å². The van der Waals surface area contributed by atoms with Gasteiger partial charge in [0.25, 0.3) is 0 Å². The van der Waals surface area contributed by atoms with Gasteiger partial charge >= 0.3 is 5.97 Å². The fourth-order valence-corrected chi connectivity index (χ4v) is 2.31. The van der Waals surface area contributed by atoms with Crippen molar-refractivity contribution in [3.05, 3.63) is 65.7 Å². The summed E-state index contributed by atoms with van der Waals surface area (Å²) < 4.78 is 4.63. The number of rotatable bonds is 6. The Kier molecular flexibility index (Phi) is 6.28. The highest BCUT2D eigenvalue weighted by molar-refractivity contribution is 6.04. The van der Waals surface area contributed by atoms with Gasteiger partial charge in [0, 0.05) is 5.69 Å². The number of hydrogen-bond donors (Lipinski definition) is 2. The van der Waals surface area contributed by atoms with Crippen LogP contribution in [0.3, 0.4) is 0 Å². The molecule has 2 aromatic carbocycles. The first kappa shape index (κ1) is 18.2. The van der Waals surface area contributed by atoms with Gasteiger partial charge in [-0.25, -0.2) is 4.79 Å². The average molecular weight is 340 g/mol. The van der Waals surface area contributed by atoms with E-state index in [2.05, 4.69) is 15.4 Å². The molecule has 0 saturated heterocycles. The molecule has 0 bridgehead atoms. The first-order valence-electron chi connectivity index (χ1n) is 7.82. The highest BCUT2D eigenvalue weighted by Gasteiger charge is 2.14. The Labute approximate surface area is 146 Å². The highest BCUT2D eigenvalue weighted by Crippen LogP contribution is 2.13. The van der Waals surface area contributed by atoms with Crippen molar-refractivity contribution >= 4 is 23.5 Å². The summed E-state index contributed by atoms with van der Waals surface area (Å²) in [7, 11) is 1.28. The van der Waals surface area contributed by atoms with Crippen LogP contribution in [0.15, 0.2) is 54.6 Å². The van der Waals surface area contributed by atoms with Crippen molar-refractivity contribution < 1.29 is 19.1 Å². The normalized spacial score (nSPS) is 11.3. The van der Waals surface area contributed by atoms with Gasteiger partial charge in [0.15, 0.2) is 0 Å². The van der Waals surface area contributed by atoms with Crippen LogP contribution in [0.1, 0.15) is 35.3 Å². The van der Waals surface area contributed by atoms with Crippen LogP contribution in [-0.2, 0) is 14.3 Å². The van der Waals surface area contributed by atoms with E-state index >= 15 is 0 Å². The Hall–Kier alpha value is -3.15. The van der Waals surface area contributed by atoms with Crippen molar-refractivity contribution in [2.45, 2.75) is 19.4 Å². The second kappa shape index (κ2) is 8.63. The number of carbonyl (C=O) groups is 3. The molecule has 130 valence electrons. The third-order valence-corrected chi connectivity index (χ3v) is 3.57. The molecule has 0 spiro atoms. The first-order valence-corrected chi connectivity index (χ1v) is 7.82. The van der Waals surface area contributed by atoms with E-state index in [1.807, 2.05) is 37.3 Å². The second-order valence-electron chi connectivity index (χ2n) is 5.50. The topological polar surface area (TPSA) is 84.5 Å². The van der Waals surface area contributed by atoms with E-state index in [9.17, 15) is 14.4 Å². The van der Waals surface area contributed by atoms with Crippen LogP contribution in [0.4, 0.5) is 5.69 Å². The maximum atomic E-state index is 12.0. The molecule has 0 radical (unpaired) electrons. The summed E-state index contributed by atoms with van der Waals surface area (Å²) in [6.45, 7) is 1.85. The molecular formula is C19H20N2O4. The Morgan fingerprint density at radius 1 is 1.00 bits per heavy atom. The minimum atomic E-state index is -0.495. The molecule has 1 atom stereocenters. The highest BCUT2D eigenvalue weighted by atomic mass is 16.5. The molecule has 6 nitrogen and oxygen atoms in total. The Morgan fingerprint density at radius 3 is 2.40 bits per heavy atom. The van der Waals surface area contributed by atoms with Crippen LogP contribution in [0.2, 0.25) is 0 Å². The molecular weight excluding hydrogens is 320 g/mol. The molecule has 0 saturated carbocycles. The van der Waals surface area contributed by atoms with Gasteiger partial charge in [0.05, 0.1) is 18.7 Å². The average Bonchev–Trinajstić information content (AvgIpc) is 2.61. The SMILES string of the molecule is COC(=O)c1cccc(NC(=O)CC(=O)NC(C)c2ccccc2)c1. The van der Waals surface area contributed by atoms with Crippen LogP contribution in [0.25, 0.3) is 0 Å². The number of methoxy groups -OCH3 is 1. The smallest absolute Gasteiger partial charge is 0.337 e. The van der Waals surface area contributed by atoms with E-state index in [4.69, 9.17) is 0 Å². The Morgan fingerprint density at radius 2 is 1.72 bits per heavy atom. The molecule has 0 aromatic heterocycles. The molecule has 0 aliphatic rings. The molecule has 25 heavy (non-hydrogen) atoms. The Bertz CT molecular complexity index is 759. The predicted molar refractivity (Wildman–Crippen MR) is 94.0 cm³/mol. The lowest BCUT2D eigenvalue weighted by Gasteiger charge is -2.14. The van der Waals surface area contributed by atoms with Crippen LogP contribution in [0, 0.1) is 0 Å². The lowest BCUT2D eigenvalue weighted by atomic mass is 10.1. The number of carbonyl (C=O) groups excluding carboxylic acids is 3. The van der Waals surface area contributed by atoms with Crippen LogP contribution in [0.5, 0.6) is 0 Å². The minimum Gasteiger partial charge on any atom is -0.465 e. The van der Waals surface area contributed by atoms with E-state index < -0.39 is 11.9 Å². The maximum Gasteiger partial charge on any atom is 0.337 e. The van der Waals surface area contributed by atoms with Crippen molar-refractivity contribution in [3.8, 4) is 0 Å². The lowest BCUT2D eigenvalue weighted by Crippen LogP contribution is -2.30. The fraction of sp³-hybridized carbons (Fsp3) is 0.211. The number of nitrogens with one attached hydrogen (secondary N) is 2. The third-order valence-electron chi connectivity index (χ3n) is 3.57. The lowest BCUT2D eigenvalue weighted by molar-refractivity contribution is -0.127. The van der Waals surface area contributed by atoms with E-state index in [1.54, 1.807) is 18.2 Å². The molecule has 2 aromatic rings. The summed E-state index contributed by atoms with van der Waals surface area (Å²) in [4.78, 5) is 35.5. The minimum absolute atomic E-state index is 0.191. The van der Waals surface area contributed by atoms with E-state index in [0.29, 0.717) is 11.3 Å². The summed E-state index contributed by atoms with van der Waals surface area (Å²) in [5.41, 5.74) is 1.71. The molecule has 0 heterocycles. The fourth-order valence-electron chi connectivity index (χ4n) is 2.31. The number of ether oxygens (including phenoxy) is 1. The largest absolute Gasteiger partial charge is 0.465 e. The van der Waals surface area contributed by atoms with Crippen molar-refractivity contribution in [1.82, 2.24) is 5.32 Å². The van der Waals surface area contributed by atoms with Gasteiger partial charge in [0.2, 0.25) is 11.8 Å². The zero-order valence-corrected chi connectivity index (χ0v) is 14.1.